The fraction of sp³-hybridized carbons (Fsp3) is 0.727. The summed E-state index contributed by atoms with van der Waals surface area (Å²) in [6, 6.07) is 0. The Morgan fingerprint density at radius 1 is 1.40 bits per heavy atom. The zero-order valence-electron chi connectivity index (χ0n) is 10.1. The lowest BCUT2D eigenvalue weighted by atomic mass is 10.1. The zero-order valence-corrected chi connectivity index (χ0v) is 10.1. The largest absolute Gasteiger partial charge is 0.389 e. The first-order valence-electron chi connectivity index (χ1n) is 5.03. The third-order valence-electron chi connectivity index (χ3n) is 1.87. The van der Waals surface area contributed by atoms with Gasteiger partial charge < -0.3 is 10.0 Å². The van der Waals surface area contributed by atoms with Crippen LogP contribution in [0.1, 0.15) is 34.6 Å². The van der Waals surface area contributed by atoms with E-state index in [0.717, 1.165) is 0 Å². The van der Waals surface area contributed by atoms with Gasteiger partial charge in [0.25, 0.3) is 5.91 Å². The van der Waals surface area contributed by atoms with Crippen LogP contribution in [0.5, 0.6) is 0 Å². The Kier molecular flexibility index (Phi) is 4.94. The van der Waals surface area contributed by atoms with Crippen LogP contribution in [0.3, 0.4) is 0 Å². The number of allylic oxidation sites excluding steroid dienone is 1. The fourth-order valence-electron chi connectivity index (χ4n) is 1.15. The number of rotatable bonds is 4. The van der Waals surface area contributed by atoms with Crippen molar-refractivity contribution in [1.29, 1.82) is 0 Å². The van der Waals surface area contributed by atoms with Crippen LogP contribution < -0.4 is 0 Å². The number of amides is 1. The summed E-state index contributed by atoms with van der Waals surface area (Å²) in [5, 5.41) is 9.56. The first-order valence-corrected chi connectivity index (χ1v) is 5.03. The molecule has 0 saturated heterocycles. The maximum atomic E-state index is 13.3. The molecule has 0 spiro atoms. The molecule has 0 aliphatic rings. The summed E-state index contributed by atoms with van der Waals surface area (Å²) in [4.78, 5) is 12.9. The van der Waals surface area contributed by atoms with Gasteiger partial charge in [0.15, 0.2) is 5.83 Å². The second kappa shape index (κ2) is 5.26. The molecule has 0 aromatic carbocycles. The predicted octanol–water partition coefficient (Wildman–Crippen LogP) is 1.87. The summed E-state index contributed by atoms with van der Waals surface area (Å²) in [5.74, 6) is -1.39. The standard InChI is InChI=1S/C11H20FNO2/c1-6-13(7-11(4,5)15)10(14)9(12)8(2)3/h15H,6-7H2,1-5H3. The summed E-state index contributed by atoms with van der Waals surface area (Å²) in [6.45, 7) is 8.53. The summed E-state index contributed by atoms with van der Waals surface area (Å²) in [6.07, 6.45) is 0. The Morgan fingerprint density at radius 3 is 2.13 bits per heavy atom. The summed E-state index contributed by atoms with van der Waals surface area (Å²) in [5.41, 5.74) is -0.651. The van der Waals surface area contributed by atoms with Gasteiger partial charge in [0.1, 0.15) is 0 Å². The van der Waals surface area contributed by atoms with Crippen molar-refractivity contribution in [1.82, 2.24) is 4.90 Å². The van der Waals surface area contributed by atoms with E-state index in [1.807, 2.05) is 0 Å². The highest BCUT2D eigenvalue weighted by atomic mass is 19.1. The highest BCUT2D eigenvalue weighted by molar-refractivity contribution is 5.91. The molecule has 0 aromatic heterocycles. The monoisotopic (exact) mass is 217 g/mol. The Hall–Kier alpha value is -0.900. The predicted molar refractivity (Wildman–Crippen MR) is 58.0 cm³/mol. The molecule has 88 valence electrons. The zero-order chi connectivity index (χ0) is 12.2. The van der Waals surface area contributed by atoms with Gasteiger partial charge in [-0.05, 0) is 40.2 Å². The number of nitrogens with zero attached hydrogens (tertiary/aromatic N) is 1. The molecule has 4 heteroatoms. The van der Waals surface area contributed by atoms with Gasteiger partial charge in [-0.2, -0.15) is 0 Å². The average Bonchev–Trinajstić information content (AvgIpc) is 2.10. The van der Waals surface area contributed by atoms with Crippen molar-refractivity contribution in [2.24, 2.45) is 0 Å². The molecule has 0 aliphatic carbocycles. The van der Waals surface area contributed by atoms with E-state index < -0.39 is 17.3 Å². The van der Waals surface area contributed by atoms with E-state index in [9.17, 15) is 14.3 Å². The Balaban J connectivity index is 4.71. The second-order valence-electron chi connectivity index (χ2n) is 4.45. The average molecular weight is 217 g/mol. The first-order chi connectivity index (χ1) is 6.69. The molecule has 0 fully saturated rings. The van der Waals surface area contributed by atoms with Gasteiger partial charge >= 0.3 is 0 Å². The van der Waals surface area contributed by atoms with E-state index in [1.54, 1.807) is 34.6 Å². The van der Waals surface area contributed by atoms with E-state index >= 15 is 0 Å². The molecule has 0 bridgehead atoms. The molecule has 0 saturated carbocycles. The van der Waals surface area contributed by atoms with Gasteiger partial charge in [0, 0.05) is 13.1 Å². The van der Waals surface area contributed by atoms with Crippen LogP contribution in [0.4, 0.5) is 4.39 Å². The fourth-order valence-corrected chi connectivity index (χ4v) is 1.15. The number of carbonyl (C=O) groups excluding carboxylic acids is 1. The normalized spacial score (nSPS) is 11.1. The van der Waals surface area contributed by atoms with Gasteiger partial charge in [-0.25, -0.2) is 4.39 Å². The van der Waals surface area contributed by atoms with Crippen LogP contribution >= 0.6 is 0 Å². The van der Waals surface area contributed by atoms with Crippen molar-refractivity contribution in [2.45, 2.75) is 40.2 Å². The van der Waals surface area contributed by atoms with Crippen LogP contribution in [-0.4, -0.2) is 34.6 Å². The molecule has 0 unspecified atom stereocenters. The number of hydrogen-bond acceptors (Lipinski definition) is 2. The van der Waals surface area contributed by atoms with Crippen molar-refractivity contribution in [3.8, 4) is 0 Å². The molecule has 0 heterocycles. The summed E-state index contributed by atoms with van der Waals surface area (Å²) >= 11 is 0. The van der Waals surface area contributed by atoms with E-state index in [1.165, 1.54) is 4.90 Å². The molecular weight excluding hydrogens is 197 g/mol. The SMILES string of the molecule is CCN(CC(C)(C)O)C(=O)C(F)=C(C)C. The molecule has 0 aliphatic heterocycles. The minimum Gasteiger partial charge on any atom is -0.389 e. The molecule has 0 radical (unpaired) electrons. The maximum absolute atomic E-state index is 13.3. The number of aliphatic hydroxyl groups is 1. The molecule has 0 atom stereocenters. The van der Waals surface area contributed by atoms with Crippen LogP contribution in [0, 0.1) is 0 Å². The van der Waals surface area contributed by atoms with Crippen molar-refractivity contribution in [2.75, 3.05) is 13.1 Å². The lowest BCUT2D eigenvalue weighted by molar-refractivity contribution is -0.131. The Morgan fingerprint density at radius 2 is 1.87 bits per heavy atom. The summed E-state index contributed by atoms with van der Waals surface area (Å²) in [7, 11) is 0. The smallest absolute Gasteiger partial charge is 0.282 e. The number of halogens is 1. The molecule has 1 amide bonds. The van der Waals surface area contributed by atoms with Crippen molar-refractivity contribution in [3.63, 3.8) is 0 Å². The minimum absolute atomic E-state index is 0.128. The quantitative estimate of drug-likeness (QED) is 0.730. The van der Waals surface area contributed by atoms with Gasteiger partial charge in [0.2, 0.25) is 0 Å². The van der Waals surface area contributed by atoms with Crippen molar-refractivity contribution >= 4 is 5.91 Å². The third kappa shape index (κ3) is 4.93. The van der Waals surface area contributed by atoms with E-state index in [-0.39, 0.29) is 6.54 Å². The molecule has 15 heavy (non-hydrogen) atoms. The molecule has 0 aromatic rings. The molecular formula is C11H20FNO2. The topological polar surface area (TPSA) is 40.5 Å². The van der Waals surface area contributed by atoms with Crippen LogP contribution in [0.2, 0.25) is 0 Å². The Labute approximate surface area is 90.6 Å². The number of hydrogen-bond donors (Lipinski definition) is 1. The van der Waals surface area contributed by atoms with Crippen LogP contribution in [0.15, 0.2) is 11.4 Å². The highest BCUT2D eigenvalue weighted by Gasteiger charge is 2.24. The van der Waals surface area contributed by atoms with Crippen molar-refractivity contribution < 1.29 is 14.3 Å². The molecule has 3 nitrogen and oxygen atoms in total. The van der Waals surface area contributed by atoms with Gasteiger partial charge in [-0.3, -0.25) is 4.79 Å². The van der Waals surface area contributed by atoms with Gasteiger partial charge in [-0.15, -0.1) is 0 Å². The van der Waals surface area contributed by atoms with E-state index in [2.05, 4.69) is 0 Å². The first kappa shape index (κ1) is 14.1. The van der Waals surface area contributed by atoms with Gasteiger partial charge in [-0.1, -0.05) is 0 Å². The maximum Gasteiger partial charge on any atom is 0.282 e. The molecule has 1 N–H and O–H groups in total. The van der Waals surface area contributed by atoms with Crippen LogP contribution in [0.25, 0.3) is 0 Å². The number of likely N-dealkylation sites (N-methyl/N-ethyl adjacent to an activating group) is 1. The third-order valence-corrected chi connectivity index (χ3v) is 1.87. The van der Waals surface area contributed by atoms with Gasteiger partial charge in [0.05, 0.1) is 5.60 Å². The second-order valence-corrected chi connectivity index (χ2v) is 4.45. The Bertz CT molecular complexity index is 262. The van der Waals surface area contributed by atoms with E-state index in [4.69, 9.17) is 0 Å². The lowest BCUT2D eigenvalue weighted by Gasteiger charge is -2.27. The lowest BCUT2D eigenvalue weighted by Crippen LogP contribution is -2.42. The minimum atomic E-state index is -1.01. The van der Waals surface area contributed by atoms with E-state index in [0.29, 0.717) is 12.1 Å². The van der Waals surface area contributed by atoms with Crippen molar-refractivity contribution in [3.05, 3.63) is 11.4 Å². The molecule has 0 rings (SSSR count). The van der Waals surface area contributed by atoms with Crippen LogP contribution in [-0.2, 0) is 4.79 Å². The summed E-state index contributed by atoms with van der Waals surface area (Å²) < 4.78 is 13.3. The number of carbonyl (C=O) groups is 1. The highest BCUT2D eigenvalue weighted by Crippen LogP contribution is 2.12.